The lowest BCUT2D eigenvalue weighted by molar-refractivity contribution is 0.0393. The molecular formula is C19H20BrFN6O2S. The smallest absolute Gasteiger partial charge is 0.326 e. The normalized spacial score (nSPS) is 14.7. The van der Waals surface area contributed by atoms with Crippen molar-refractivity contribution in [2.45, 2.75) is 0 Å². The zero-order valence-electron chi connectivity index (χ0n) is 16.0. The van der Waals surface area contributed by atoms with Crippen molar-refractivity contribution >= 4 is 60.2 Å². The summed E-state index contributed by atoms with van der Waals surface area (Å²) < 4.78 is 20.4. The molecule has 0 unspecified atom stereocenters. The fourth-order valence-electron chi connectivity index (χ4n) is 3.15. The molecule has 3 N–H and O–H groups in total. The monoisotopic (exact) mass is 494 g/mol. The lowest BCUT2D eigenvalue weighted by Gasteiger charge is -2.30. The molecule has 0 saturated carbocycles. The maximum absolute atomic E-state index is 13.9. The van der Waals surface area contributed by atoms with Crippen LogP contribution in [-0.4, -0.2) is 60.3 Å². The van der Waals surface area contributed by atoms with Crippen molar-refractivity contribution in [1.82, 2.24) is 14.9 Å². The van der Waals surface area contributed by atoms with Crippen molar-refractivity contribution < 1.29 is 13.9 Å². The Morgan fingerprint density at radius 1 is 1.37 bits per heavy atom. The minimum absolute atomic E-state index is 0.335. The van der Waals surface area contributed by atoms with E-state index < -0.39 is 5.82 Å². The van der Waals surface area contributed by atoms with Gasteiger partial charge in [0.15, 0.2) is 10.8 Å². The molecule has 4 rings (SSSR count). The van der Waals surface area contributed by atoms with Gasteiger partial charge in [0, 0.05) is 31.9 Å². The van der Waals surface area contributed by atoms with Crippen molar-refractivity contribution in [3.8, 4) is 0 Å². The Bertz CT molecular complexity index is 1060. The predicted molar refractivity (Wildman–Crippen MR) is 120 cm³/mol. The molecule has 0 bridgehead atoms. The number of hydrogen-bond acceptors (Lipinski definition) is 7. The van der Waals surface area contributed by atoms with Gasteiger partial charge in [-0.3, -0.25) is 9.80 Å². The summed E-state index contributed by atoms with van der Waals surface area (Å²) in [4.78, 5) is 25.4. The molecule has 3 heterocycles. The van der Waals surface area contributed by atoms with E-state index in [0.717, 1.165) is 17.8 Å². The zero-order chi connectivity index (χ0) is 21.1. The molecule has 3 aromatic rings. The highest BCUT2D eigenvalue weighted by Crippen LogP contribution is 2.27. The van der Waals surface area contributed by atoms with Crippen molar-refractivity contribution in [3.05, 3.63) is 40.8 Å². The number of aromatic nitrogens is 2. The number of urea groups is 1. The number of hydrogen-bond donors (Lipinski definition) is 2. The third-order valence-corrected chi connectivity index (χ3v) is 6.18. The van der Waals surface area contributed by atoms with Gasteiger partial charge in [-0.2, -0.15) is 0 Å². The van der Waals surface area contributed by atoms with Gasteiger partial charge in [0.25, 0.3) is 0 Å². The summed E-state index contributed by atoms with van der Waals surface area (Å²) in [6.07, 6.45) is 1.60. The first-order chi connectivity index (χ1) is 14.5. The summed E-state index contributed by atoms with van der Waals surface area (Å²) in [6.45, 7) is 4.10. The molecular weight excluding hydrogens is 475 g/mol. The lowest BCUT2D eigenvalue weighted by Crippen LogP contribution is -2.44. The molecule has 1 aliphatic rings. The highest BCUT2D eigenvalue weighted by Gasteiger charge is 2.20. The van der Waals surface area contributed by atoms with Gasteiger partial charge in [-0.05, 0) is 40.2 Å². The molecule has 2 amide bonds. The number of fused-ring (bicyclic) bond motifs is 1. The number of pyridine rings is 1. The van der Waals surface area contributed by atoms with E-state index in [4.69, 9.17) is 10.5 Å². The van der Waals surface area contributed by atoms with Crippen LogP contribution in [0.3, 0.4) is 0 Å². The third kappa shape index (κ3) is 4.86. The number of amides is 2. The van der Waals surface area contributed by atoms with Crippen LogP contribution in [0.25, 0.3) is 10.3 Å². The molecule has 1 fully saturated rings. The molecule has 1 aromatic carbocycles. The number of rotatable bonds is 5. The van der Waals surface area contributed by atoms with Crippen LogP contribution < -0.4 is 16.0 Å². The number of nitrogens with two attached hydrogens (primary N) is 1. The Kier molecular flexibility index (Phi) is 6.42. The number of halogens is 2. The van der Waals surface area contributed by atoms with Gasteiger partial charge < -0.3 is 15.8 Å². The molecule has 1 aliphatic heterocycles. The maximum atomic E-state index is 13.9. The Hall–Kier alpha value is -2.34. The van der Waals surface area contributed by atoms with Crippen molar-refractivity contribution in [2.24, 2.45) is 0 Å². The number of benzene rings is 1. The largest absolute Gasteiger partial charge is 0.379 e. The number of carbonyl (C=O) groups is 1. The van der Waals surface area contributed by atoms with Crippen LogP contribution >= 0.6 is 27.3 Å². The number of thiazole rings is 1. The molecule has 158 valence electrons. The first kappa shape index (κ1) is 20.9. The van der Waals surface area contributed by atoms with E-state index in [1.807, 2.05) is 6.07 Å². The van der Waals surface area contributed by atoms with E-state index in [1.165, 1.54) is 17.4 Å². The van der Waals surface area contributed by atoms with Crippen molar-refractivity contribution in [3.63, 3.8) is 0 Å². The molecule has 1 saturated heterocycles. The average Bonchev–Trinajstić information content (AvgIpc) is 3.11. The van der Waals surface area contributed by atoms with E-state index in [0.29, 0.717) is 52.9 Å². The summed E-state index contributed by atoms with van der Waals surface area (Å²) in [5, 5.41) is 3.19. The number of ether oxygens (including phenoxy) is 1. The molecule has 30 heavy (non-hydrogen) atoms. The van der Waals surface area contributed by atoms with Crippen LogP contribution in [0.2, 0.25) is 0 Å². The maximum Gasteiger partial charge on any atom is 0.326 e. The summed E-state index contributed by atoms with van der Waals surface area (Å²) in [7, 11) is 0. The Morgan fingerprint density at radius 3 is 2.93 bits per heavy atom. The molecule has 0 spiro atoms. The third-order valence-electron chi connectivity index (χ3n) is 4.72. The Balaban J connectivity index is 1.57. The van der Waals surface area contributed by atoms with Crippen LogP contribution in [0.15, 0.2) is 34.9 Å². The summed E-state index contributed by atoms with van der Waals surface area (Å²) >= 11 is 4.43. The quantitative estimate of drug-likeness (QED) is 0.562. The van der Waals surface area contributed by atoms with Gasteiger partial charge in [-0.15, -0.1) is 0 Å². The standard InChI is InChI=1S/C19H20BrFN6O2S/c20-14-2-1-12(9-15(14)21)24-19(28)27(4-3-26-5-7-29-8-6-26)13-10-16-17(23-11-13)25-18(22)30-16/h1-2,9-11H,3-8H2,(H,24,28)(H2,22,23,25). The topological polar surface area (TPSA) is 96.6 Å². The second-order valence-corrected chi connectivity index (χ2v) is 8.65. The second kappa shape index (κ2) is 9.21. The van der Waals surface area contributed by atoms with Gasteiger partial charge in [0.2, 0.25) is 0 Å². The zero-order valence-corrected chi connectivity index (χ0v) is 18.4. The number of nitrogens with one attached hydrogen (secondary N) is 1. The van der Waals surface area contributed by atoms with Gasteiger partial charge >= 0.3 is 6.03 Å². The summed E-state index contributed by atoms with van der Waals surface area (Å²) in [5.41, 5.74) is 7.31. The fourth-order valence-corrected chi connectivity index (χ4v) is 4.13. The van der Waals surface area contributed by atoms with E-state index in [9.17, 15) is 9.18 Å². The number of anilines is 3. The SMILES string of the molecule is Nc1nc2ncc(N(CCN3CCOCC3)C(=O)Nc3ccc(Br)c(F)c3)cc2s1. The first-order valence-corrected chi connectivity index (χ1v) is 11.0. The second-order valence-electron chi connectivity index (χ2n) is 6.73. The molecule has 0 aliphatic carbocycles. The minimum atomic E-state index is -0.448. The molecule has 2 aromatic heterocycles. The van der Waals surface area contributed by atoms with Crippen LogP contribution in [0.5, 0.6) is 0 Å². The highest BCUT2D eigenvalue weighted by atomic mass is 79.9. The first-order valence-electron chi connectivity index (χ1n) is 9.35. The number of nitrogen functional groups attached to an aromatic ring is 1. The minimum Gasteiger partial charge on any atom is -0.379 e. The van der Waals surface area contributed by atoms with E-state index in [1.54, 1.807) is 23.2 Å². The molecule has 8 nitrogen and oxygen atoms in total. The highest BCUT2D eigenvalue weighted by molar-refractivity contribution is 9.10. The van der Waals surface area contributed by atoms with E-state index in [2.05, 4.69) is 36.1 Å². The van der Waals surface area contributed by atoms with E-state index in [-0.39, 0.29) is 6.03 Å². The van der Waals surface area contributed by atoms with Crippen LogP contribution in [-0.2, 0) is 4.74 Å². The Labute approximate surface area is 185 Å². The number of morpholine rings is 1. The summed E-state index contributed by atoms with van der Waals surface area (Å²) in [5.74, 6) is -0.448. The van der Waals surface area contributed by atoms with Gasteiger partial charge in [-0.1, -0.05) is 11.3 Å². The molecule has 0 atom stereocenters. The fraction of sp³-hybridized carbons (Fsp3) is 0.316. The van der Waals surface area contributed by atoms with Gasteiger partial charge in [0.1, 0.15) is 5.82 Å². The molecule has 0 radical (unpaired) electrons. The van der Waals surface area contributed by atoms with Crippen molar-refractivity contribution in [2.75, 3.05) is 55.3 Å². The van der Waals surface area contributed by atoms with Crippen LogP contribution in [0.4, 0.5) is 25.7 Å². The van der Waals surface area contributed by atoms with Crippen molar-refractivity contribution in [1.29, 1.82) is 0 Å². The van der Waals surface area contributed by atoms with Gasteiger partial charge in [-0.25, -0.2) is 19.2 Å². The predicted octanol–water partition coefficient (Wildman–Crippen LogP) is 3.55. The van der Waals surface area contributed by atoms with Gasteiger partial charge in [0.05, 0.1) is 34.3 Å². The van der Waals surface area contributed by atoms with Crippen LogP contribution in [0, 0.1) is 5.82 Å². The lowest BCUT2D eigenvalue weighted by atomic mass is 10.3. The summed E-state index contributed by atoms with van der Waals surface area (Å²) in [6, 6.07) is 5.93. The average molecular weight is 495 g/mol. The molecule has 11 heteroatoms. The number of carbonyl (C=O) groups excluding carboxylic acids is 1. The number of nitrogens with zero attached hydrogens (tertiary/aromatic N) is 4. The van der Waals surface area contributed by atoms with E-state index >= 15 is 0 Å². The Morgan fingerprint density at radius 2 is 2.17 bits per heavy atom. The van der Waals surface area contributed by atoms with Crippen LogP contribution in [0.1, 0.15) is 0 Å².